The van der Waals surface area contributed by atoms with E-state index in [1.165, 1.54) is 6.20 Å². The number of thiocarbonyl (C=S) groups is 2. The summed E-state index contributed by atoms with van der Waals surface area (Å²) in [4.78, 5) is 3.30. The number of hydrogen-bond acceptors (Lipinski definition) is 4. The molecule has 0 aromatic rings. The van der Waals surface area contributed by atoms with Crippen molar-refractivity contribution in [3.8, 4) is 0 Å². The van der Waals surface area contributed by atoms with Crippen LogP contribution in [0.3, 0.4) is 0 Å². The molecule has 2 N–H and O–H groups in total. The van der Waals surface area contributed by atoms with Crippen LogP contribution in [0.15, 0.2) is 24.7 Å². The fourth-order valence-corrected chi connectivity index (χ4v) is 1.93. The molecular weight excluding hydrogens is 298 g/mol. The van der Waals surface area contributed by atoms with Gasteiger partial charge in [-0.3, -0.25) is 0 Å². The number of hydrogen-bond donors (Lipinski definition) is 2. The molecule has 0 aliphatic carbocycles. The van der Waals surface area contributed by atoms with Crippen molar-refractivity contribution in [3.05, 3.63) is 24.7 Å². The van der Waals surface area contributed by atoms with Crippen LogP contribution in [0.25, 0.3) is 0 Å². The van der Waals surface area contributed by atoms with Gasteiger partial charge in [-0.1, -0.05) is 6.58 Å². The average molecular weight is 310 g/mol. The molecule has 0 bridgehead atoms. The van der Waals surface area contributed by atoms with E-state index in [0.29, 0.717) is 12.2 Å². The van der Waals surface area contributed by atoms with Gasteiger partial charge >= 0.3 is 0 Å². The summed E-state index contributed by atoms with van der Waals surface area (Å²) in [5, 5.41) is 18.3. The minimum absolute atomic E-state index is 0. The van der Waals surface area contributed by atoms with Crippen molar-refractivity contribution in [3.63, 3.8) is 0 Å². The Bertz CT molecular complexity index is 346. The Hall–Kier alpha value is -0.517. The van der Waals surface area contributed by atoms with Gasteiger partial charge < -0.3 is 20.0 Å². The van der Waals surface area contributed by atoms with E-state index < -0.39 is 6.17 Å². The largest absolute Gasteiger partial charge is 0.499 e. The number of likely N-dealkylation sites (N-methyl/N-ethyl adjacent to an activating group) is 1. The molecule has 0 saturated carbocycles. The van der Waals surface area contributed by atoms with Crippen LogP contribution >= 0.6 is 24.4 Å². The van der Waals surface area contributed by atoms with Crippen molar-refractivity contribution in [1.29, 1.82) is 0 Å². The van der Waals surface area contributed by atoms with E-state index in [1.807, 2.05) is 6.92 Å². The monoisotopic (exact) mass is 308 g/mol. The molecule has 1 rings (SSSR count). The van der Waals surface area contributed by atoms with Gasteiger partial charge in [-0.2, -0.15) is 0 Å². The van der Waals surface area contributed by atoms with Crippen molar-refractivity contribution in [2.24, 2.45) is 0 Å². The zero-order chi connectivity index (χ0) is 11.6. The molecule has 0 aromatic heterocycles. The Morgan fingerprint density at radius 1 is 1.56 bits per heavy atom. The molecule has 0 radical (unpaired) electrons. The third-order valence-electron chi connectivity index (χ3n) is 2.15. The van der Waals surface area contributed by atoms with Crippen LogP contribution < -0.4 is 0 Å². The van der Waals surface area contributed by atoms with Crippen LogP contribution in [-0.2, 0) is 19.5 Å². The molecule has 16 heavy (non-hydrogen) atoms. The van der Waals surface area contributed by atoms with Gasteiger partial charge in [0.1, 0.15) is 5.70 Å². The van der Waals surface area contributed by atoms with Crippen molar-refractivity contribution in [2.45, 2.75) is 13.1 Å². The van der Waals surface area contributed by atoms with Gasteiger partial charge in [0.25, 0.3) is 0 Å². The maximum Gasteiger partial charge on any atom is 0.206 e. The molecule has 0 fully saturated rings. The van der Waals surface area contributed by atoms with Crippen LogP contribution in [0.1, 0.15) is 6.92 Å². The van der Waals surface area contributed by atoms with E-state index in [9.17, 15) is 10.2 Å². The third-order valence-corrected chi connectivity index (χ3v) is 2.57. The summed E-state index contributed by atoms with van der Waals surface area (Å²) < 4.78 is 0. The first-order valence-corrected chi connectivity index (χ1v) is 5.19. The number of aliphatic hydroxyl groups is 2. The zero-order valence-corrected chi connectivity index (χ0v) is 13.6. The standard InChI is InChI=1S/C9H12N2O2S2.Zn/c1-3-10-5-6(8(12)14)11(4-2)7(10)9(13)15;/h3,5,7H,1,4H2,2H3,(H,12,14)(H,13,15);. The molecule has 0 amide bonds. The summed E-state index contributed by atoms with van der Waals surface area (Å²) in [6, 6.07) is 0. The van der Waals surface area contributed by atoms with Crippen molar-refractivity contribution >= 4 is 34.5 Å². The molecule has 0 aromatic carbocycles. The molecule has 1 atom stereocenters. The Morgan fingerprint density at radius 2 is 2.12 bits per heavy atom. The Kier molecular flexibility index (Phi) is 6.07. The fourth-order valence-electron chi connectivity index (χ4n) is 1.51. The van der Waals surface area contributed by atoms with E-state index >= 15 is 0 Å². The second kappa shape index (κ2) is 6.28. The Labute approximate surface area is 118 Å². The average Bonchev–Trinajstić information content (AvgIpc) is 2.55. The second-order valence-corrected chi connectivity index (χ2v) is 3.75. The smallest absolute Gasteiger partial charge is 0.206 e. The van der Waals surface area contributed by atoms with Crippen LogP contribution in [0.4, 0.5) is 0 Å². The third kappa shape index (κ3) is 2.78. The first kappa shape index (κ1) is 15.5. The molecule has 1 aliphatic rings. The predicted octanol–water partition coefficient (Wildman–Crippen LogP) is 1.70. The molecule has 1 heterocycles. The normalized spacial score (nSPS) is 18.8. The van der Waals surface area contributed by atoms with Gasteiger partial charge in [-0.15, -0.1) is 0 Å². The van der Waals surface area contributed by atoms with Gasteiger partial charge in [-0.05, 0) is 37.6 Å². The van der Waals surface area contributed by atoms with Gasteiger partial charge in [0.15, 0.2) is 6.17 Å². The topological polar surface area (TPSA) is 46.9 Å². The van der Waals surface area contributed by atoms with Gasteiger partial charge in [-0.25, -0.2) is 0 Å². The summed E-state index contributed by atoms with van der Waals surface area (Å²) in [5.41, 5.74) is 0.466. The Morgan fingerprint density at radius 3 is 2.44 bits per heavy atom. The van der Waals surface area contributed by atoms with Crippen LogP contribution in [0, 0.1) is 0 Å². The van der Waals surface area contributed by atoms with Crippen LogP contribution in [-0.4, -0.2) is 42.8 Å². The molecule has 7 heteroatoms. The molecule has 0 saturated heterocycles. The van der Waals surface area contributed by atoms with Crippen molar-refractivity contribution < 1.29 is 29.7 Å². The number of rotatable bonds is 4. The second-order valence-electron chi connectivity index (χ2n) is 2.95. The fraction of sp³-hybridized carbons (Fsp3) is 0.333. The van der Waals surface area contributed by atoms with Crippen LogP contribution in [0.5, 0.6) is 0 Å². The van der Waals surface area contributed by atoms with Crippen molar-refractivity contribution in [2.75, 3.05) is 6.54 Å². The van der Waals surface area contributed by atoms with Crippen molar-refractivity contribution in [1.82, 2.24) is 9.80 Å². The molecule has 84 valence electrons. The summed E-state index contributed by atoms with van der Waals surface area (Å²) in [7, 11) is 0. The molecule has 1 aliphatic heterocycles. The molecule has 4 nitrogen and oxygen atoms in total. The molecular formula is C9H12N2O2S2Zn. The molecule has 1 unspecified atom stereocenters. The zero-order valence-electron chi connectivity index (χ0n) is 8.96. The summed E-state index contributed by atoms with van der Waals surface area (Å²) in [5.74, 6) is 0. The van der Waals surface area contributed by atoms with Crippen LogP contribution in [0.2, 0.25) is 0 Å². The maximum absolute atomic E-state index is 9.40. The van der Waals surface area contributed by atoms with E-state index in [2.05, 4.69) is 6.58 Å². The summed E-state index contributed by atoms with van der Waals surface area (Å²) in [6.45, 7) is 6.05. The first-order chi connectivity index (χ1) is 7.02. The minimum atomic E-state index is -0.511. The number of nitrogens with zero attached hydrogens (tertiary/aromatic N) is 2. The predicted molar refractivity (Wildman–Crippen MR) is 66.7 cm³/mol. The molecule has 0 spiro atoms. The summed E-state index contributed by atoms with van der Waals surface area (Å²) >= 11 is 9.45. The Balaban J connectivity index is 0.00000225. The first-order valence-electron chi connectivity index (χ1n) is 4.37. The summed E-state index contributed by atoms with van der Waals surface area (Å²) in [6.07, 6.45) is 2.61. The quantitative estimate of drug-likeness (QED) is 0.609. The van der Waals surface area contributed by atoms with E-state index in [-0.39, 0.29) is 29.6 Å². The van der Waals surface area contributed by atoms with Gasteiger partial charge in [0.05, 0.1) is 0 Å². The van der Waals surface area contributed by atoms with E-state index in [4.69, 9.17) is 24.4 Å². The van der Waals surface area contributed by atoms with Gasteiger partial charge in [0.2, 0.25) is 10.1 Å². The SMILES string of the molecule is C=CN1C=C(C(O)=S)N(CC)C1C(O)=S.[Zn]. The van der Waals surface area contributed by atoms with E-state index in [1.54, 1.807) is 16.0 Å². The van der Waals surface area contributed by atoms with E-state index in [0.717, 1.165) is 0 Å². The van der Waals surface area contributed by atoms with Gasteiger partial charge in [0, 0.05) is 32.2 Å². The minimum Gasteiger partial charge on any atom is -0.499 e. The maximum atomic E-state index is 9.40. The number of aliphatic hydroxyl groups excluding tert-OH is 2.